The van der Waals surface area contributed by atoms with E-state index < -0.39 is 0 Å². The van der Waals surface area contributed by atoms with Gasteiger partial charge in [0, 0.05) is 6.04 Å². The van der Waals surface area contributed by atoms with Crippen molar-refractivity contribution in [2.45, 2.75) is 31.7 Å². The molecule has 3 nitrogen and oxygen atoms in total. The van der Waals surface area contributed by atoms with Gasteiger partial charge in [0.1, 0.15) is 5.75 Å². The minimum absolute atomic E-state index is 0.00529. The number of carbonyl (C=O) groups is 1. The van der Waals surface area contributed by atoms with Crippen LogP contribution >= 0.6 is 0 Å². The summed E-state index contributed by atoms with van der Waals surface area (Å²) in [5.74, 6) is 2.30. The summed E-state index contributed by atoms with van der Waals surface area (Å²) < 4.78 is 5.65. The smallest absolute Gasteiger partial charge is 0.258 e. The van der Waals surface area contributed by atoms with Crippen molar-refractivity contribution in [3.05, 3.63) is 42.5 Å². The van der Waals surface area contributed by atoms with Crippen LogP contribution in [0.5, 0.6) is 5.75 Å². The van der Waals surface area contributed by atoms with Crippen molar-refractivity contribution in [1.82, 2.24) is 5.32 Å². The monoisotopic (exact) mass is 295 g/mol. The predicted molar refractivity (Wildman–Crippen MR) is 86.8 cm³/mol. The Hall–Kier alpha value is -2.03. The number of carbonyl (C=O) groups excluding carboxylic acids is 1. The third-order valence-electron chi connectivity index (χ3n) is 5.18. The molecule has 2 aromatic carbocycles. The molecule has 2 fully saturated rings. The van der Waals surface area contributed by atoms with E-state index in [0.717, 1.165) is 23.5 Å². The van der Waals surface area contributed by atoms with Crippen LogP contribution in [0.4, 0.5) is 0 Å². The molecule has 0 spiro atoms. The maximum absolute atomic E-state index is 12.1. The molecule has 114 valence electrons. The fourth-order valence-electron chi connectivity index (χ4n) is 4.08. The molecule has 0 aromatic heterocycles. The SMILES string of the molecule is O=C(COc1ccc2ccccc2c1)N[C@H]1C[C@@H]2CC[C@H]1C2. The average molecular weight is 295 g/mol. The van der Waals surface area contributed by atoms with Crippen molar-refractivity contribution >= 4 is 16.7 Å². The van der Waals surface area contributed by atoms with Crippen LogP contribution in [-0.4, -0.2) is 18.6 Å². The van der Waals surface area contributed by atoms with E-state index in [1.54, 1.807) is 0 Å². The Bertz CT molecular complexity index is 697. The van der Waals surface area contributed by atoms with Crippen LogP contribution in [0.1, 0.15) is 25.7 Å². The standard InChI is InChI=1S/C19H21NO2/c21-19(20-18-10-13-5-6-16(18)9-13)12-22-17-8-7-14-3-1-2-4-15(14)11-17/h1-4,7-8,11,13,16,18H,5-6,9-10,12H2,(H,20,21)/t13-,16+,18+/m1/s1. The summed E-state index contributed by atoms with van der Waals surface area (Å²) in [5.41, 5.74) is 0. The van der Waals surface area contributed by atoms with Crippen molar-refractivity contribution < 1.29 is 9.53 Å². The summed E-state index contributed by atoms with van der Waals surface area (Å²) in [5, 5.41) is 5.47. The fraction of sp³-hybridized carbons (Fsp3) is 0.421. The van der Waals surface area contributed by atoms with Crippen LogP contribution < -0.4 is 10.1 Å². The summed E-state index contributed by atoms with van der Waals surface area (Å²) in [6.07, 6.45) is 5.09. The van der Waals surface area contributed by atoms with E-state index in [0.29, 0.717) is 12.0 Å². The zero-order valence-corrected chi connectivity index (χ0v) is 12.6. The zero-order valence-electron chi connectivity index (χ0n) is 12.6. The van der Waals surface area contributed by atoms with Gasteiger partial charge in [-0.25, -0.2) is 0 Å². The van der Waals surface area contributed by atoms with Crippen molar-refractivity contribution in [2.75, 3.05) is 6.61 Å². The molecule has 0 heterocycles. The van der Waals surface area contributed by atoms with E-state index in [-0.39, 0.29) is 12.5 Å². The Labute approximate surface area is 130 Å². The molecule has 1 amide bonds. The Morgan fingerprint density at radius 1 is 1.09 bits per heavy atom. The van der Waals surface area contributed by atoms with Crippen molar-refractivity contribution in [1.29, 1.82) is 0 Å². The van der Waals surface area contributed by atoms with Gasteiger partial charge in [0.15, 0.2) is 6.61 Å². The number of benzene rings is 2. The lowest BCUT2D eigenvalue weighted by Gasteiger charge is -2.22. The molecule has 0 unspecified atom stereocenters. The third-order valence-corrected chi connectivity index (χ3v) is 5.18. The largest absolute Gasteiger partial charge is 0.484 e. The summed E-state index contributed by atoms with van der Waals surface area (Å²) >= 11 is 0. The van der Waals surface area contributed by atoms with E-state index in [9.17, 15) is 4.79 Å². The number of fused-ring (bicyclic) bond motifs is 3. The minimum atomic E-state index is 0.00529. The first kappa shape index (κ1) is 13.6. The lowest BCUT2D eigenvalue weighted by atomic mass is 9.95. The molecule has 2 bridgehead atoms. The average Bonchev–Trinajstić information content (AvgIpc) is 3.15. The van der Waals surface area contributed by atoms with E-state index in [1.165, 1.54) is 24.6 Å². The lowest BCUT2D eigenvalue weighted by molar-refractivity contribution is -0.124. The predicted octanol–water partition coefficient (Wildman–Crippen LogP) is 3.52. The van der Waals surface area contributed by atoms with E-state index >= 15 is 0 Å². The first-order chi connectivity index (χ1) is 10.8. The van der Waals surface area contributed by atoms with Crippen LogP contribution in [0.25, 0.3) is 10.8 Å². The molecule has 0 aliphatic heterocycles. The number of amides is 1. The Kier molecular flexibility index (Phi) is 3.49. The molecule has 2 aliphatic rings. The van der Waals surface area contributed by atoms with Crippen molar-refractivity contribution in [2.24, 2.45) is 11.8 Å². The van der Waals surface area contributed by atoms with Crippen molar-refractivity contribution in [3.8, 4) is 5.75 Å². The summed E-state index contributed by atoms with van der Waals surface area (Å²) in [6.45, 7) is 0.103. The lowest BCUT2D eigenvalue weighted by Crippen LogP contribution is -2.40. The molecule has 3 heteroatoms. The molecule has 2 aliphatic carbocycles. The zero-order chi connectivity index (χ0) is 14.9. The van der Waals surface area contributed by atoms with E-state index in [4.69, 9.17) is 4.74 Å². The van der Waals surface area contributed by atoms with Gasteiger partial charge in [0.05, 0.1) is 0 Å². The molecule has 4 rings (SSSR count). The van der Waals surface area contributed by atoms with E-state index in [2.05, 4.69) is 17.4 Å². The Morgan fingerprint density at radius 3 is 2.73 bits per heavy atom. The first-order valence-corrected chi connectivity index (χ1v) is 8.19. The second kappa shape index (κ2) is 5.64. The normalized spacial score (nSPS) is 26.3. The van der Waals surface area contributed by atoms with Crippen molar-refractivity contribution in [3.63, 3.8) is 0 Å². The maximum atomic E-state index is 12.1. The number of hydrogen-bond donors (Lipinski definition) is 1. The van der Waals surface area contributed by atoms with Crippen LogP contribution in [-0.2, 0) is 4.79 Å². The summed E-state index contributed by atoms with van der Waals surface area (Å²) in [4.78, 5) is 12.1. The fourth-order valence-corrected chi connectivity index (χ4v) is 4.08. The second-order valence-corrected chi connectivity index (χ2v) is 6.65. The van der Waals surface area contributed by atoms with Gasteiger partial charge in [-0.15, -0.1) is 0 Å². The molecule has 0 saturated heterocycles. The van der Waals surface area contributed by atoms with E-state index in [1.807, 2.05) is 30.3 Å². The highest BCUT2D eigenvalue weighted by Gasteiger charge is 2.40. The van der Waals surface area contributed by atoms with Gasteiger partial charge in [0.25, 0.3) is 5.91 Å². The van der Waals surface area contributed by atoms with Crippen LogP contribution in [0.2, 0.25) is 0 Å². The molecule has 1 N–H and O–H groups in total. The molecule has 0 radical (unpaired) electrons. The van der Waals surface area contributed by atoms with Crippen LogP contribution in [0, 0.1) is 11.8 Å². The van der Waals surface area contributed by atoms with Gasteiger partial charge in [-0.05, 0) is 54.0 Å². The van der Waals surface area contributed by atoms with Gasteiger partial charge in [-0.1, -0.05) is 36.8 Å². The highest BCUT2D eigenvalue weighted by Crippen LogP contribution is 2.44. The minimum Gasteiger partial charge on any atom is -0.484 e. The Balaban J connectivity index is 1.34. The van der Waals surface area contributed by atoms with Gasteiger partial charge < -0.3 is 10.1 Å². The van der Waals surface area contributed by atoms with Gasteiger partial charge in [-0.2, -0.15) is 0 Å². The van der Waals surface area contributed by atoms with Gasteiger partial charge >= 0.3 is 0 Å². The number of nitrogens with one attached hydrogen (secondary N) is 1. The summed E-state index contributed by atoms with van der Waals surface area (Å²) in [7, 11) is 0. The number of rotatable bonds is 4. The summed E-state index contributed by atoms with van der Waals surface area (Å²) in [6, 6.07) is 14.5. The highest BCUT2D eigenvalue weighted by molar-refractivity contribution is 5.84. The molecule has 2 saturated carbocycles. The first-order valence-electron chi connectivity index (χ1n) is 8.19. The third kappa shape index (κ3) is 2.68. The molecule has 2 aromatic rings. The highest BCUT2D eigenvalue weighted by atomic mass is 16.5. The van der Waals surface area contributed by atoms with Crippen LogP contribution in [0.3, 0.4) is 0 Å². The molecule has 3 atom stereocenters. The number of ether oxygens (including phenoxy) is 1. The van der Waals surface area contributed by atoms with Gasteiger partial charge in [-0.3, -0.25) is 4.79 Å². The molecule has 22 heavy (non-hydrogen) atoms. The number of hydrogen-bond acceptors (Lipinski definition) is 2. The maximum Gasteiger partial charge on any atom is 0.258 e. The molecular formula is C19H21NO2. The Morgan fingerprint density at radius 2 is 1.95 bits per heavy atom. The quantitative estimate of drug-likeness (QED) is 0.937. The molecular weight excluding hydrogens is 274 g/mol. The van der Waals surface area contributed by atoms with Gasteiger partial charge in [0.2, 0.25) is 0 Å². The topological polar surface area (TPSA) is 38.3 Å². The van der Waals surface area contributed by atoms with Crippen LogP contribution in [0.15, 0.2) is 42.5 Å². The second-order valence-electron chi connectivity index (χ2n) is 6.65.